The van der Waals surface area contributed by atoms with E-state index in [9.17, 15) is 9.90 Å². The van der Waals surface area contributed by atoms with Crippen molar-refractivity contribution in [2.45, 2.75) is 18.4 Å². The third-order valence-corrected chi connectivity index (χ3v) is 3.87. The first-order valence-corrected chi connectivity index (χ1v) is 7.47. The second-order valence-corrected chi connectivity index (χ2v) is 5.76. The average Bonchev–Trinajstić information content (AvgIpc) is 3.25. The van der Waals surface area contributed by atoms with Crippen molar-refractivity contribution in [3.05, 3.63) is 59.1 Å². The maximum Gasteiger partial charge on any atom is 0.258 e. The lowest BCUT2D eigenvalue weighted by Crippen LogP contribution is -2.31. The molecule has 2 aromatic rings. The lowest BCUT2D eigenvalue weighted by atomic mass is 10.1. The summed E-state index contributed by atoms with van der Waals surface area (Å²) in [5.74, 6) is 0.448. The molecule has 0 saturated heterocycles. The molecule has 0 unspecified atom stereocenters. The molecule has 0 bridgehead atoms. The number of rotatable bonds is 5. The summed E-state index contributed by atoms with van der Waals surface area (Å²) < 4.78 is 5.30. The highest BCUT2D eigenvalue weighted by Gasteiger charge is 2.39. The Morgan fingerprint density at radius 1 is 1.27 bits per heavy atom. The SMILES string of the molecule is O=C(COc1ccccc1O)N[C@H]1C[C@@H]1c1cccc(Cl)c1. The summed E-state index contributed by atoms with van der Waals surface area (Å²) in [6.45, 7) is -0.115. The van der Waals surface area contributed by atoms with E-state index in [4.69, 9.17) is 16.3 Å². The lowest BCUT2D eigenvalue weighted by molar-refractivity contribution is -0.123. The summed E-state index contributed by atoms with van der Waals surface area (Å²) in [5.41, 5.74) is 1.14. The Balaban J connectivity index is 1.49. The summed E-state index contributed by atoms with van der Waals surface area (Å²) in [5, 5.41) is 13.2. The highest BCUT2D eigenvalue weighted by molar-refractivity contribution is 6.30. The Morgan fingerprint density at radius 3 is 2.86 bits per heavy atom. The Bertz CT molecular complexity index is 689. The van der Waals surface area contributed by atoms with Crippen LogP contribution in [0.2, 0.25) is 5.02 Å². The van der Waals surface area contributed by atoms with Gasteiger partial charge in [-0.05, 0) is 36.2 Å². The quantitative estimate of drug-likeness (QED) is 0.891. The van der Waals surface area contributed by atoms with Crippen LogP contribution in [-0.2, 0) is 4.79 Å². The number of halogens is 1. The first kappa shape index (κ1) is 14.7. The van der Waals surface area contributed by atoms with Crippen LogP contribution in [0.5, 0.6) is 11.5 Å². The van der Waals surface area contributed by atoms with E-state index in [2.05, 4.69) is 5.32 Å². The Hall–Kier alpha value is -2.20. The van der Waals surface area contributed by atoms with Crippen LogP contribution in [0.15, 0.2) is 48.5 Å². The normalized spacial score (nSPS) is 19.5. The zero-order chi connectivity index (χ0) is 15.5. The molecule has 0 radical (unpaired) electrons. The van der Waals surface area contributed by atoms with Gasteiger partial charge in [0.05, 0.1) is 0 Å². The van der Waals surface area contributed by atoms with Crippen molar-refractivity contribution >= 4 is 17.5 Å². The number of nitrogens with one attached hydrogen (secondary N) is 1. The molecule has 0 aliphatic heterocycles. The molecule has 1 fully saturated rings. The summed E-state index contributed by atoms with van der Waals surface area (Å²) in [6.07, 6.45) is 0.905. The number of para-hydroxylation sites is 2. The molecule has 5 heteroatoms. The van der Waals surface area contributed by atoms with E-state index in [0.29, 0.717) is 16.7 Å². The van der Waals surface area contributed by atoms with Crippen molar-refractivity contribution in [2.75, 3.05) is 6.61 Å². The van der Waals surface area contributed by atoms with Gasteiger partial charge in [-0.3, -0.25) is 4.79 Å². The van der Waals surface area contributed by atoms with Crippen LogP contribution in [0.4, 0.5) is 0 Å². The lowest BCUT2D eigenvalue weighted by Gasteiger charge is -2.08. The number of carbonyl (C=O) groups excluding carboxylic acids is 1. The van der Waals surface area contributed by atoms with Crippen LogP contribution >= 0.6 is 11.6 Å². The molecule has 4 nitrogen and oxygen atoms in total. The van der Waals surface area contributed by atoms with Gasteiger partial charge in [-0.2, -0.15) is 0 Å². The summed E-state index contributed by atoms with van der Waals surface area (Å²) in [6, 6.07) is 14.4. The van der Waals surface area contributed by atoms with Gasteiger partial charge in [0.2, 0.25) is 0 Å². The van der Waals surface area contributed by atoms with Crippen molar-refractivity contribution in [1.29, 1.82) is 0 Å². The molecule has 2 N–H and O–H groups in total. The maximum absolute atomic E-state index is 11.9. The summed E-state index contributed by atoms with van der Waals surface area (Å²) in [4.78, 5) is 11.9. The molecule has 1 saturated carbocycles. The van der Waals surface area contributed by atoms with E-state index in [1.165, 1.54) is 6.07 Å². The minimum absolute atomic E-state index is 0.0264. The number of hydrogen-bond donors (Lipinski definition) is 2. The first-order chi connectivity index (χ1) is 10.6. The topological polar surface area (TPSA) is 58.6 Å². The minimum Gasteiger partial charge on any atom is -0.504 e. The second-order valence-electron chi connectivity index (χ2n) is 5.33. The van der Waals surface area contributed by atoms with Crippen molar-refractivity contribution in [3.63, 3.8) is 0 Å². The molecule has 2 aromatic carbocycles. The van der Waals surface area contributed by atoms with E-state index in [-0.39, 0.29) is 24.3 Å². The Labute approximate surface area is 133 Å². The highest BCUT2D eigenvalue weighted by atomic mass is 35.5. The number of amides is 1. The molecule has 2 atom stereocenters. The van der Waals surface area contributed by atoms with Crippen LogP contribution in [0.1, 0.15) is 17.9 Å². The maximum atomic E-state index is 11.9. The van der Waals surface area contributed by atoms with E-state index >= 15 is 0 Å². The second kappa shape index (κ2) is 6.28. The van der Waals surface area contributed by atoms with Gasteiger partial charge in [0.15, 0.2) is 18.1 Å². The van der Waals surface area contributed by atoms with Crippen molar-refractivity contribution < 1.29 is 14.6 Å². The fourth-order valence-electron chi connectivity index (χ4n) is 2.43. The Morgan fingerprint density at radius 2 is 2.09 bits per heavy atom. The van der Waals surface area contributed by atoms with Gasteiger partial charge < -0.3 is 15.2 Å². The minimum atomic E-state index is -0.196. The number of ether oxygens (including phenoxy) is 1. The standard InChI is InChI=1S/C17H16ClNO3/c18-12-5-3-4-11(8-12)13-9-14(13)19-17(21)10-22-16-7-2-1-6-15(16)20/h1-8,13-14,20H,9-10H2,(H,19,21)/t13-,14+/m1/s1. The fraction of sp³-hybridized carbons (Fsp3) is 0.235. The number of benzene rings is 2. The zero-order valence-electron chi connectivity index (χ0n) is 11.8. The molecule has 1 amide bonds. The molecule has 0 spiro atoms. The van der Waals surface area contributed by atoms with Gasteiger partial charge in [0.1, 0.15) is 0 Å². The van der Waals surface area contributed by atoms with Crippen LogP contribution in [0.3, 0.4) is 0 Å². The smallest absolute Gasteiger partial charge is 0.258 e. The third-order valence-electron chi connectivity index (χ3n) is 3.64. The number of phenolic OH excluding ortho intramolecular Hbond substituents is 1. The van der Waals surface area contributed by atoms with Gasteiger partial charge in [-0.1, -0.05) is 35.9 Å². The van der Waals surface area contributed by atoms with E-state index in [1.807, 2.05) is 24.3 Å². The summed E-state index contributed by atoms with van der Waals surface area (Å²) in [7, 11) is 0. The van der Waals surface area contributed by atoms with Crippen LogP contribution in [0.25, 0.3) is 0 Å². The molecule has 114 valence electrons. The predicted molar refractivity (Wildman–Crippen MR) is 84.3 cm³/mol. The predicted octanol–water partition coefficient (Wildman–Crippen LogP) is 3.10. The molecule has 3 rings (SSSR count). The molecular formula is C17H16ClNO3. The monoisotopic (exact) mass is 317 g/mol. The van der Waals surface area contributed by atoms with Crippen LogP contribution < -0.4 is 10.1 Å². The molecule has 22 heavy (non-hydrogen) atoms. The third kappa shape index (κ3) is 3.52. The van der Waals surface area contributed by atoms with Crippen LogP contribution in [-0.4, -0.2) is 23.7 Å². The van der Waals surface area contributed by atoms with E-state index < -0.39 is 0 Å². The van der Waals surface area contributed by atoms with Gasteiger partial charge in [0.25, 0.3) is 5.91 Å². The van der Waals surface area contributed by atoms with Gasteiger partial charge >= 0.3 is 0 Å². The molecule has 1 aliphatic carbocycles. The fourth-order valence-corrected chi connectivity index (χ4v) is 2.63. The van der Waals surface area contributed by atoms with Crippen molar-refractivity contribution in [3.8, 4) is 11.5 Å². The van der Waals surface area contributed by atoms with Crippen LogP contribution in [0, 0.1) is 0 Å². The van der Waals surface area contributed by atoms with Gasteiger partial charge in [0, 0.05) is 17.0 Å². The largest absolute Gasteiger partial charge is 0.504 e. The Kier molecular flexibility index (Phi) is 4.20. The number of hydrogen-bond acceptors (Lipinski definition) is 3. The number of aromatic hydroxyl groups is 1. The van der Waals surface area contributed by atoms with E-state index in [0.717, 1.165) is 12.0 Å². The number of phenols is 1. The first-order valence-electron chi connectivity index (χ1n) is 7.09. The summed E-state index contributed by atoms with van der Waals surface area (Å²) >= 11 is 5.97. The zero-order valence-corrected chi connectivity index (χ0v) is 12.6. The van der Waals surface area contributed by atoms with Gasteiger partial charge in [-0.15, -0.1) is 0 Å². The molecular weight excluding hydrogens is 302 g/mol. The van der Waals surface area contributed by atoms with Crippen molar-refractivity contribution in [2.24, 2.45) is 0 Å². The molecule has 1 aliphatic rings. The molecule has 0 aromatic heterocycles. The molecule has 0 heterocycles. The van der Waals surface area contributed by atoms with E-state index in [1.54, 1.807) is 18.2 Å². The van der Waals surface area contributed by atoms with Gasteiger partial charge in [-0.25, -0.2) is 0 Å². The highest BCUT2D eigenvalue weighted by Crippen LogP contribution is 2.41. The number of carbonyl (C=O) groups is 1. The van der Waals surface area contributed by atoms with Crippen molar-refractivity contribution in [1.82, 2.24) is 5.32 Å². The average molecular weight is 318 g/mol.